The molecule has 0 spiro atoms. The van der Waals surface area contributed by atoms with E-state index in [2.05, 4.69) is 75.0 Å². The van der Waals surface area contributed by atoms with Gasteiger partial charge >= 0.3 is 0 Å². The fourth-order valence-electron chi connectivity index (χ4n) is 2.52. The first kappa shape index (κ1) is 17.9. The Kier molecular flexibility index (Phi) is 7.91. The molecule has 1 nitrogen and oxygen atoms in total. The Bertz CT molecular complexity index is 584. The number of aryl methyl sites for hydroxylation is 1. The molecular weight excluding hydrogens is 268 g/mol. The summed E-state index contributed by atoms with van der Waals surface area (Å²) < 4.78 is 0. The molecule has 0 aliphatic carbocycles. The van der Waals surface area contributed by atoms with Crippen LogP contribution in [-0.4, -0.2) is 5.78 Å². The Hall–Kier alpha value is -2.15. The molecule has 0 aromatic heterocycles. The summed E-state index contributed by atoms with van der Waals surface area (Å²) in [7, 11) is 0. The number of benzene rings is 2. The molecule has 0 N–H and O–H groups in total. The van der Waals surface area contributed by atoms with Gasteiger partial charge in [-0.3, -0.25) is 4.79 Å². The first-order valence-corrected chi connectivity index (χ1v) is 7.89. The Morgan fingerprint density at radius 1 is 1.05 bits per heavy atom. The predicted octanol–water partition coefficient (Wildman–Crippen LogP) is 5.55. The highest BCUT2D eigenvalue weighted by atomic mass is 16.1. The summed E-state index contributed by atoms with van der Waals surface area (Å²) in [6.45, 7) is 9.18. The molecule has 0 saturated heterocycles. The van der Waals surface area contributed by atoms with Crippen molar-refractivity contribution in [2.45, 2.75) is 39.5 Å². The highest BCUT2D eigenvalue weighted by Crippen LogP contribution is 2.30. The minimum atomic E-state index is 0.0185. The lowest BCUT2D eigenvalue weighted by atomic mass is 9.86. The maximum Gasteiger partial charge on any atom is 0.152 e. The van der Waals surface area contributed by atoms with Crippen molar-refractivity contribution in [1.29, 1.82) is 0 Å². The lowest BCUT2D eigenvalue weighted by Crippen LogP contribution is -2.03. The first-order valence-electron chi connectivity index (χ1n) is 7.89. The topological polar surface area (TPSA) is 17.1 Å². The zero-order chi connectivity index (χ0) is 16.4. The Morgan fingerprint density at radius 2 is 1.59 bits per heavy atom. The third-order valence-electron chi connectivity index (χ3n) is 3.71. The maximum atomic E-state index is 9.69. The summed E-state index contributed by atoms with van der Waals surface area (Å²) in [6, 6.07) is 19.6. The van der Waals surface area contributed by atoms with E-state index in [-0.39, 0.29) is 5.78 Å². The Labute approximate surface area is 134 Å². The number of allylic oxidation sites excluding steroid dienone is 1. The van der Waals surface area contributed by atoms with E-state index in [4.69, 9.17) is 0 Å². The fourth-order valence-corrected chi connectivity index (χ4v) is 2.52. The van der Waals surface area contributed by atoms with E-state index in [0.29, 0.717) is 5.92 Å². The van der Waals surface area contributed by atoms with Crippen LogP contribution >= 0.6 is 0 Å². The van der Waals surface area contributed by atoms with Crippen molar-refractivity contribution in [2.24, 2.45) is 0 Å². The lowest BCUT2D eigenvalue weighted by Gasteiger charge is -2.19. The Balaban J connectivity index is 0.000000422. The SMILES string of the molecule is C=CC(C)=O.CCc1ccccc1C(CC)c1ccccc1. The van der Waals surface area contributed by atoms with Gasteiger partial charge in [-0.25, -0.2) is 0 Å². The largest absolute Gasteiger partial charge is 0.295 e. The zero-order valence-corrected chi connectivity index (χ0v) is 13.9. The molecule has 0 aliphatic rings. The Morgan fingerprint density at radius 3 is 2.09 bits per heavy atom. The van der Waals surface area contributed by atoms with Crippen LogP contribution in [0, 0.1) is 0 Å². The highest BCUT2D eigenvalue weighted by molar-refractivity contribution is 5.86. The smallest absolute Gasteiger partial charge is 0.152 e. The van der Waals surface area contributed by atoms with Crippen LogP contribution in [0.4, 0.5) is 0 Å². The summed E-state index contributed by atoms with van der Waals surface area (Å²) in [6.07, 6.45) is 3.54. The maximum absolute atomic E-state index is 9.69. The molecular formula is C21H26O. The number of carbonyl (C=O) groups excluding carboxylic acids is 1. The third-order valence-corrected chi connectivity index (χ3v) is 3.71. The van der Waals surface area contributed by atoms with Gasteiger partial charge in [0.1, 0.15) is 0 Å². The van der Waals surface area contributed by atoms with Gasteiger partial charge in [0, 0.05) is 5.92 Å². The van der Waals surface area contributed by atoms with E-state index in [9.17, 15) is 4.79 Å². The average molecular weight is 294 g/mol. The van der Waals surface area contributed by atoms with E-state index in [1.807, 2.05) is 0 Å². The second-order valence-corrected chi connectivity index (χ2v) is 5.24. The molecule has 1 unspecified atom stereocenters. The van der Waals surface area contributed by atoms with Gasteiger partial charge in [0.25, 0.3) is 0 Å². The van der Waals surface area contributed by atoms with Crippen LogP contribution in [-0.2, 0) is 11.2 Å². The molecule has 1 atom stereocenters. The van der Waals surface area contributed by atoms with Crippen LogP contribution in [0.25, 0.3) is 0 Å². The molecule has 0 heterocycles. The highest BCUT2D eigenvalue weighted by Gasteiger charge is 2.13. The van der Waals surface area contributed by atoms with Gasteiger partial charge in [0.2, 0.25) is 0 Å². The molecule has 0 amide bonds. The van der Waals surface area contributed by atoms with E-state index < -0.39 is 0 Å². The predicted molar refractivity (Wildman–Crippen MR) is 95.3 cm³/mol. The number of rotatable bonds is 5. The molecule has 2 aromatic rings. The summed E-state index contributed by atoms with van der Waals surface area (Å²) in [5, 5.41) is 0. The molecule has 1 heteroatoms. The molecule has 22 heavy (non-hydrogen) atoms. The van der Waals surface area contributed by atoms with Gasteiger partial charge < -0.3 is 0 Å². The van der Waals surface area contributed by atoms with Gasteiger partial charge in [-0.15, -0.1) is 0 Å². The lowest BCUT2D eigenvalue weighted by molar-refractivity contribution is -0.112. The zero-order valence-electron chi connectivity index (χ0n) is 13.9. The monoisotopic (exact) mass is 294 g/mol. The molecule has 0 saturated carbocycles. The first-order chi connectivity index (χ1) is 10.6. The van der Waals surface area contributed by atoms with E-state index in [1.54, 1.807) is 0 Å². The van der Waals surface area contributed by atoms with Crippen LogP contribution in [0.5, 0.6) is 0 Å². The van der Waals surface area contributed by atoms with Gasteiger partial charge in [-0.2, -0.15) is 0 Å². The molecule has 2 rings (SSSR count). The van der Waals surface area contributed by atoms with Crippen molar-refractivity contribution in [3.8, 4) is 0 Å². The van der Waals surface area contributed by atoms with Crippen molar-refractivity contribution in [2.75, 3.05) is 0 Å². The number of hydrogen-bond acceptors (Lipinski definition) is 1. The third kappa shape index (κ3) is 5.33. The van der Waals surface area contributed by atoms with Crippen molar-refractivity contribution in [3.63, 3.8) is 0 Å². The van der Waals surface area contributed by atoms with E-state index in [1.165, 1.54) is 29.7 Å². The molecule has 116 valence electrons. The summed E-state index contributed by atoms with van der Waals surface area (Å²) in [4.78, 5) is 9.69. The standard InChI is InChI=1S/C17H20.C4H6O/c1-3-14-10-8-9-13-17(14)16(4-2)15-11-6-5-7-12-15;1-3-4(2)5/h5-13,16H,3-4H2,1-2H3;3H,1H2,2H3. The fraction of sp³-hybridized carbons (Fsp3) is 0.286. The molecule has 0 bridgehead atoms. The molecule has 2 aromatic carbocycles. The van der Waals surface area contributed by atoms with Gasteiger partial charge in [-0.1, -0.05) is 75.0 Å². The van der Waals surface area contributed by atoms with Gasteiger partial charge in [-0.05, 0) is 42.5 Å². The normalized spacial score (nSPS) is 11.0. The van der Waals surface area contributed by atoms with Crippen LogP contribution in [0.15, 0.2) is 67.3 Å². The number of hydrogen-bond donors (Lipinski definition) is 0. The quantitative estimate of drug-likeness (QED) is 0.660. The van der Waals surface area contributed by atoms with Crippen molar-refractivity contribution in [3.05, 3.63) is 83.9 Å². The van der Waals surface area contributed by atoms with Crippen LogP contribution in [0.1, 0.15) is 49.8 Å². The van der Waals surface area contributed by atoms with Crippen LogP contribution < -0.4 is 0 Å². The molecule has 0 fully saturated rings. The summed E-state index contributed by atoms with van der Waals surface area (Å²) >= 11 is 0. The molecule has 0 radical (unpaired) electrons. The minimum absolute atomic E-state index is 0.0185. The van der Waals surface area contributed by atoms with Crippen LogP contribution in [0.3, 0.4) is 0 Å². The van der Waals surface area contributed by atoms with E-state index >= 15 is 0 Å². The van der Waals surface area contributed by atoms with Gasteiger partial charge in [0.05, 0.1) is 0 Å². The summed E-state index contributed by atoms with van der Waals surface area (Å²) in [5.41, 5.74) is 4.39. The van der Waals surface area contributed by atoms with Crippen LogP contribution in [0.2, 0.25) is 0 Å². The number of ketones is 1. The summed E-state index contributed by atoms with van der Waals surface area (Å²) in [5.74, 6) is 0.553. The average Bonchev–Trinajstić information content (AvgIpc) is 2.57. The molecule has 0 aliphatic heterocycles. The van der Waals surface area contributed by atoms with Crippen molar-refractivity contribution >= 4 is 5.78 Å². The second kappa shape index (κ2) is 9.73. The van der Waals surface area contributed by atoms with Crippen molar-refractivity contribution < 1.29 is 4.79 Å². The minimum Gasteiger partial charge on any atom is -0.295 e. The second-order valence-electron chi connectivity index (χ2n) is 5.24. The number of carbonyl (C=O) groups is 1. The van der Waals surface area contributed by atoms with Crippen molar-refractivity contribution in [1.82, 2.24) is 0 Å². The van der Waals surface area contributed by atoms with E-state index in [0.717, 1.165) is 12.8 Å². The van der Waals surface area contributed by atoms with Gasteiger partial charge in [0.15, 0.2) is 5.78 Å².